The molecule has 0 saturated carbocycles. The van der Waals surface area contributed by atoms with Gasteiger partial charge in [0.2, 0.25) is 5.43 Å². The van der Waals surface area contributed by atoms with Gasteiger partial charge in [-0.3, -0.25) is 24.6 Å². The molecule has 0 aliphatic carbocycles. The van der Waals surface area contributed by atoms with Gasteiger partial charge in [0.15, 0.2) is 0 Å². The minimum Gasteiger partial charge on any atom is -0.379 e. The molecule has 0 bridgehead atoms. The first kappa shape index (κ1) is 22.9. The van der Waals surface area contributed by atoms with Crippen molar-refractivity contribution in [3.63, 3.8) is 0 Å². The number of benzene rings is 2. The number of fused-ring (bicyclic) bond motifs is 1. The Balaban J connectivity index is 1.66. The molecule has 2 heterocycles. The summed E-state index contributed by atoms with van der Waals surface area (Å²) in [5, 5.41) is 14.8. The molecule has 33 heavy (non-hydrogen) atoms. The summed E-state index contributed by atoms with van der Waals surface area (Å²) in [6, 6.07) is 11.3. The molecular formula is C23H23ClN4O5. The lowest BCUT2D eigenvalue weighted by Gasteiger charge is -2.26. The number of nitro benzene ring substituents is 1. The Morgan fingerprint density at radius 2 is 1.97 bits per heavy atom. The highest BCUT2D eigenvalue weighted by Crippen LogP contribution is 2.21. The molecule has 2 aromatic carbocycles. The molecule has 1 aromatic heterocycles. The van der Waals surface area contributed by atoms with Gasteiger partial charge in [-0.05, 0) is 23.8 Å². The smallest absolute Gasteiger partial charge is 0.270 e. The van der Waals surface area contributed by atoms with Crippen LogP contribution in [0.25, 0.3) is 10.9 Å². The van der Waals surface area contributed by atoms with E-state index in [1.807, 2.05) is 12.1 Å². The van der Waals surface area contributed by atoms with Crippen LogP contribution in [0.1, 0.15) is 15.9 Å². The van der Waals surface area contributed by atoms with E-state index in [-0.39, 0.29) is 16.6 Å². The second-order valence-electron chi connectivity index (χ2n) is 7.80. The van der Waals surface area contributed by atoms with Crippen molar-refractivity contribution in [2.45, 2.75) is 6.54 Å². The number of nitrogens with zero attached hydrogens (tertiary/aromatic N) is 3. The number of morpholine rings is 1. The van der Waals surface area contributed by atoms with Crippen molar-refractivity contribution >= 4 is 34.1 Å². The predicted molar refractivity (Wildman–Crippen MR) is 125 cm³/mol. The Morgan fingerprint density at radius 1 is 1.18 bits per heavy atom. The number of aromatic nitrogens is 1. The Kier molecular flexibility index (Phi) is 7.02. The highest BCUT2D eigenvalue weighted by Gasteiger charge is 2.19. The quantitative estimate of drug-likeness (QED) is 0.420. The molecule has 0 unspecified atom stereocenters. The zero-order valence-corrected chi connectivity index (χ0v) is 18.6. The molecule has 0 spiro atoms. The van der Waals surface area contributed by atoms with Gasteiger partial charge in [-0.15, -0.1) is 0 Å². The number of non-ortho nitro benzene ring substituents is 1. The number of nitro groups is 1. The molecule has 172 valence electrons. The van der Waals surface area contributed by atoms with Crippen LogP contribution in [-0.2, 0) is 11.3 Å². The van der Waals surface area contributed by atoms with Crippen LogP contribution in [0.2, 0.25) is 5.02 Å². The molecule has 9 nitrogen and oxygen atoms in total. The lowest BCUT2D eigenvalue weighted by atomic mass is 10.1. The van der Waals surface area contributed by atoms with Gasteiger partial charge < -0.3 is 14.6 Å². The summed E-state index contributed by atoms with van der Waals surface area (Å²) in [4.78, 5) is 38.9. The van der Waals surface area contributed by atoms with Gasteiger partial charge in [0, 0.05) is 56.1 Å². The number of ether oxygens (including phenoxy) is 1. The Morgan fingerprint density at radius 3 is 2.70 bits per heavy atom. The normalized spacial score (nSPS) is 14.3. The molecule has 1 saturated heterocycles. The van der Waals surface area contributed by atoms with E-state index < -0.39 is 16.3 Å². The first-order chi connectivity index (χ1) is 15.9. The van der Waals surface area contributed by atoms with E-state index in [2.05, 4.69) is 10.2 Å². The number of hydrogen-bond donors (Lipinski definition) is 1. The second-order valence-corrected chi connectivity index (χ2v) is 8.23. The van der Waals surface area contributed by atoms with E-state index >= 15 is 0 Å². The Hall–Kier alpha value is -3.27. The summed E-state index contributed by atoms with van der Waals surface area (Å²) in [5.74, 6) is -0.512. The van der Waals surface area contributed by atoms with Gasteiger partial charge in [-0.1, -0.05) is 23.7 Å². The van der Waals surface area contributed by atoms with Crippen LogP contribution in [0.3, 0.4) is 0 Å². The zero-order valence-electron chi connectivity index (χ0n) is 17.8. The molecule has 1 amide bonds. The minimum atomic E-state index is -0.560. The number of pyridine rings is 1. The van der Waals surface area contributed by atoms with Crippen molar-refractivity contribution < 1.29 is 14.5 Å². The van der Waals surface area contributed by atoms with Crippen LogP contribution >= 0.6 is 11.6 Å². The van der Waals surface area contributed by atoms with Gasteiger partial charge >= 0.3 is 0 Å². The van der Waals surface area contributed by atoms with Crippen molar-refractivity contribution in [3.05, 3.63) is 85.1 Å². The Bertz CT molecular complexity index is 1250. The third-order valence-electron chi connectivity index (χ3n) is 5.58. The molecule has 0 atom stereocenters. The van der Waals surface area contributed by atoms with Gasteiger partial charge in [-0.2, -0.15) is 0 Å². The number of amides is 1. The summed E-state index contributed by atoms with van der Waals surface area (Å²) >= 11 is 6.10. The monoisotopic (exact) mass is 470 g/mol. The topological polar surface area (TPSA) is 107 Å². The summed E-state index contributed by atoms with van der Waals surface area (Å²) in [6.45, 7) is 4.26. The largest absolute Gasteiger partial charge is 0.379 e. The number of nitrogens with one attached hydrogen (secondary N) is 1. The lowest BCUT2D eigenvalue weighted by molar-refractivity contribution is -0.384. The summed E-state index contributed by atoms with van der Waals surface area (Å²) in [5.41, 5.74) is 0.547. The van der Waals surface area contributed by atoms with Crippen LogP contribution in [0, 0.1) is 10.1 Å². The molecule has 4 rings (SSSR count). The molecule has 1 fully saturated rings. The molecule has 3 aromatic rings. The van der Waals surface area contributed by atoms with E-state index in [1.165, 1.54) is 24.4 Å². The van der Waals surface area contributed by atoms with Gasteiger partial charge in [0.05, 0.1) is 29.0 Å². The van der Waals surface area contributed by atoms with Crippen molar-refractivity contribution in [1.29, 1.82) is 0 Å². The second kappa shape index (κ2) is 10.1. The Labute approximate surface area is 194 Å². The van der Waals surface area contributed by atoms with E-state index in [1.54, 1.807) is 16.7 Å². The molecule has 10 heteroatoms. The maximum absolute atomic E-state index is 13.1. The van der Waals surface area contributed by atoms with Crippen molar-refractivity contribution in [2.24, 2.45) is 0 Å². The molecule has 1 aliphatic heterocycles. The van der Waals surface area contributed by atoms with Gasteiger partial charge in [-0.25, -0.2) is 0 Å². The fourth-order valence-electron chi connectivity index (χ4n) is 3.87. The first-order valence-electron chi connectivity index (χ1n) is 10.6. The highest BCUT2D eigenvalue weighted by molar-refractivity contribution is 6.30. The summed E-state index contributed by atoms with van der Waals surface area (Å²) in [6.07, 6.45) is 1.50. The van der Waals surface area contributed by atoms with Crippen molar-refractivity contribution in [3.8, 4) is 0 Å². The number of rotatable bonds is 7. The summed E-state index contributed by atoms with van der Waals surface area (Å²) in [7, 11) is 0. The highest BCUT2D eigenvalue weighted by atomic mass is 35.5. The van der Waals surface area contributed by atoms with Crippen LogP contribution in [0.4, 0.5) is 5.69 Å². The van der Waals surface area contributed by atoms with Crippen LogP contribution in [0.5, 0.6) is 0 Å². The van der Waals surface area contributed by atoms with Gasteiger partial charge in [0.1, 0.15) is 5.56 Å². The number of hydrogen-bond acceptors (Lipinski definition) is 6. The van der Waals surface area contributed by atoms with E-state index in [0.717, 1.165) is 18.7 Å². The lowest BCUT2D eigenvalue weighted by Crippen LogP contribution is -2.42. The third kappa shape index (κ3) is 5.39. The average molecular weight is 471 g/mol. The predicted octanol–water partition coefficient (Wildman–Crippen LogP) is 2.67. The maximum atomic E-state index is 13.1. The van der Waals surface area contributed by atoms with Crippen LogP contribution in [0.15, 0.2) is 53.5 Å². The van der Waals surface area contributed by atoms with Crippen LogP contribution in [-0.4, -0.2) is 59.7 Å². The van der Waals surface area contributed by atoms with Crippen molar-refractivity contribution in [2.75, 3.05) is 39.4 Å². The molecular weight excluding hydrogens is 448 g/mol. The van der Waals surface area contributed by atoms with E-state index in [4.69, 9.17) is 16.3 Å². The fraction of sp³-hybridized carbons (Fsp3) is 0.304. The third-order valence-corrected chi connectivity index (χ3v) is 5.81. The summed E-state index contributed by atoms with van der Waals surface area (Å²) < 4.78 is 7.06. The van der Waals surface area contributed by atoms with Gasteiger partial charge in [0.25, 0.3) is 11.6 Å². The minimum absolute atomic E-state index is 0.0630. The number of carbonyl (C=O) groups is 1. The van der Waals surface area contributed by atoms with Crippen molar-refractivity contribution in [1.82, 2.24) is 14.8 Å². The fourth-order valence-corrected chi connectivity index (χ4v) is 4.08. The molecule has 0 radical (unpaired) electrons. The van der Waals surface area contributed by atoms with E-state index in [9.17, 15) is 19.7 Å². The molecule has 1 N–H and O–H groups in total. The number of carbonyl (C=O) groups excluding carboxylic acids is 1. The number of halogens is 1. The van der Waals surface area contributed by atoms with E-state index in [0.29, 0.717) is 43.4 Å². The zero-order chi connectivity index (χ0) is 23.4. The standard InChI is InChI=1S/C23H23ClN4O5/c24-17-3-1-2-16(12-17)14-27-15-20(23(30)25-6-7-26-8-10-33-11-9-26)22(29)19-13-18(28(31)32)4-5-21(19)27/h1-5,12-13,15H,6-11,14H2,(H,25,30). The SMILES string of the molecule is O=C(NCCN1CCOCC1)c1cn(Cc2cccc(Cl)c2)c2ccc([N+](=O)[O-])cc2c1=O. The molecule has 1 aliphatic rings. The average Bonchev–Trinajstić information content (AvgIpc) is 2.81. The maximum Gasteiger partial charge on any atom is 0.270 e. The van der Waals surface area contributed by atoms with Crippen LogP contribution < -0.4 is 10.7 Å². The first-order valence-corrected chi connectivity index (χ1v) is 10.9.